The van der Waals surface area contributed by atoms with Crippen LogP contribution in [-0.2, 0) is 0 Å². The van der Waals surface area contributed by atoms with Gasteiger partial charge in [0.25, 0.3) is 0 Å². The van der Waals surface area contributed by atoms with E-state index in [1.165, 1.54) is 18.5 Å². The number of imidazole rings is 1. The molecule has 0 saturated carbocycles. The van der Waals surface area contributed by atoms with Crippen LogP contribution in [0.2, 0.25) is 10.0 Å². The number of benzene rings is 2. The fourth-order valence-electron chi connectivity index (χ4n) is 2.17. The number of allylic oxidation sites excluding steroid dienone is 1. The van der Waals surface area contributed by atoms with Crippen LogP contribution < -0.4 is 0 Å². The molecule has 0 aliphatic heterocycles. The summed E-state index contributed by atoms with van der Waals surface area (Å²) in [4.78, 5) is 16.8. The zero-order valence-electron chi connectivity index (χ0n) is 12.3. The van der Waals surface area contributed by atoms with E-state index in [9.17, 15) is 9.18 Å². The normalized spacial score (nSPS) is 11.5. The average Bonchev–Trinajstić information content (AvgIpc) is 3.10. The topological polar surface area (TPSA) is 34.9 Å². The maximum atomic E-state index is 13.3. The predicted molar refractivity (Wildman–Crippen MR) is 93.6 cm³/mol. The lowest BCUT2D eigenvalue weighted by Gasteiger charge is -2.09. The van der Waals surface area contributed by atoms with Gasteiger partial charge in [-0.1, -0.05) is 29.3 Å². The molecule has 0 saturated heterocycles. The van der Waals surface area contributed by atoms with Crippen molar-refractivity contribution in [3.05, 3.63) is 88.2 Å². The lowest BCUT2D eigenvalue weighted by molar-refractivity contribution is 0.105. The Balaban J connectivity index is 2.06. The van der Waals surface area contributed by atoms with Crippen molar-refractivity contribution in [2.24, 2.45) is 0 Å². The van der Waals surface area contributed by atoms with E-state index in [-0.39, 0.29) is 10.8 Å². The lowest BCUT2D eigenvalue weighted by Crippen LogP contribution is -2.08. The second-order valence-electron chi connectivity index (χ2n) is 5.01. The van der Waals surface area contributed by atoms with Crippen LogP contribution in [0.3, 0.4) is 0 Å². The molecular formula is C18H11Cl2FN2O. The zero-order valence-corrected chi connectivity index (χ0v) is 13.8. The number of hydrogen-bond donors (Lipinski definition) is 0. The van der Waals surface area contributed by atoms with Crippen molar-refractivity contribution < 1.29 is 9.18 Å². The van der Waals surface area contributed by atoms with Crippen molar-refractivity contribution in [3.63, 3.8) is 0 Å². The third kappa shape index (κ3) is 3.55. The van der Waals surface area contributed by atoms with E-state index in [1.54, 1.807) is 53.4 Å². The van der Waals surface area contributed by atoms with E-state index in [0.717, 1.165) is 0 Å². The highest BCUT2D eigenvalue weighted by molar-refractivity contribution is 6.32. The molecule has 2 aromatic carbocycles. The number of halogens is 3. The van der Waals surface area contributed by atoms with E-state index in [2.05, 4.69) is 4.98 Å². The van der Waals surface area contributed by atoms with Gasteiger partial charge in [-0.2, -0.15) is 0 Å². The molecule has 6 heteroatoms. The van der Waals surface area contributed by atoms with Gasteiger partial charge < -0.3 is 4.57 Å². The summed E-state index contributed by atoms with van der Waals surface area (Å²) in [5.41, 5.74) is 1.44. The molecule has 0 fully saturated rings. The number of nitrogens with zero attached hydrogens (tertiary/aromatic N) is 2. The highest BCUT2D eigenvalue weighted by Gasteiger charge is 2.14. The second kappa shape index (κ2) is 6.99. The van der Waals surface area contributed by atoms with Crippen molar-refractivity contribution in [3.8, 4) is 0 Å². The van der Waals surface area contributed by atoms with Gasteiger partial charge in [-0.25, -0.2) is 9.37 Å². The van der Waals surface area contributed by atoms with Crippen LogP contribution in [0.1, 0.15) is 15.9 Å². The fourth-order valence-corrected chi connectivity index (χ4v) is 2.48. The summed E-state index contributed by atoms with van der Waals surface area (Å²) in [6.07, 6.45) is 6.38. The SMILES string of the molecule is O=C(C(=Cc1ccc(F)c(Cl)c1)n1ccnc1)c1ccc(Cl)cc1. The average molecular weight is 361 g/mol. The van der Waals surface area contributed by atoms with Crippen LogP contribution in [0.25, 0.3) is 11.8 Å². The summed E-state index contributed by atoms with van der Waals surface area (Å²) in [6, 6.07) is 10.9. The second-order valence-corrected chi connectivity index (χ2v) is 5.85. The van der Waals surface area contributed by atoms with Gasteiger partial charge >= 0.3 is 0 Å². The molecule has 1 heterocycles. The summed E-state index contributed by atoms with van der Waals surface area (Å²) in [5.74, 6) is -0.730. The minimum Gasteiger partial charge on any atom is -0.303 e. The Bertz CT molecular complexity index is 903. The zero-order chi connectivity index (χ0) is 17.1. The van der Waals surface area contributed by atoms with Crippen molar-refractivity contribution in [1.29, 1.82) is 0 Å². The number of Topliss-reactive ketones (excluding diaryl/α,β-unsaturated/α-hetero) is 1. The number of aromatic nitrogens is 2. The van der Waals surface area contributed by atoms with Crippen LogP contribution >= 0.6 is 23.2 Å². The number of carbonyl (C=O) groups is 1. The number of hydrogen-bond acceptors (Lipinski definition) is 2. The fraction of sp³-hybridized carbons (Fsp3) is 0. The number of ketones is 1. The molecule has 0 spiro atoms. The molecule has 0 amide bonds. The van der Waals surface area contributed by atoms with Crippen molar-refractivity contribution in [2.45, 2.75) is 0 Å². The molecule has 0 atom stereocenters. The molecule has 0 aliphatic rings. The maximum absolute atomic E-state index is 13.3. The van der Waals surface area contributed by atoms with E-state index < -0.39 is 5.82 Å². The summed E-state index contributed by atoms with van der Waals surface area (Å²) in [5, 5.41) is 0.540. The van der Waals surface area contributed by atoms with E-state index in [4.69, 9.17) is 23.2 Å². The lowest BCUT2D eigenvalue weighted by atomic mass is 10.1. The number of rotatable bonds is 4. The Hall–Kier alpha value is -2.43. The summed E-state index contributed by atoms with van der Waals surface area (Å²) >= 11 is 11.7. The Morgan fingerprint density at radius 1 is 1.12 bits per heavy atom. The summed E-state index contributed by atoms with van der Waals surface area (Å²) in [7, 11) is 0. The largest absolute Gasteiger partial charge is 0.303 e. The first-order chi connectivity index (χ1) is 11.5. The molecule has 3 rings (SSSR count). The molecule has 0 bridgehead atoms. The Morgan fingerprint density at radius 2 is 1.88 bits per heavy atom. The molecular weight excluding hydrogens is 350 g/mol. The molecule has 120 valence electrons. The van der Waals surface area contributed by atoms with Crippen molar-refractivity contribution in [1.82, 2.24) is 9.55 Å². The van der Waals surface area contributed by atoms with Crippen LogP contribution in [0.15, 0.2) is 61.2 Å². The third-order valence-corrected chi connectivity index (χ3v) is 3.91. The van der Waals surface area contributed by atoms with Crippen molar-refractivity contribution in [2.75, 3.05) is 0 Å². The highest BCUT2D eigenvalue weighted by Crippen LogP contribution is 2.22. The highest BCUT2D eigenvalue weighted by atomic mass is 35.5. The third-order valence-electron chi connectivity index (χ3n) is 3.37. The number of carbonyl (C=O) groups excluding carboxylic acids is 1. The van der Waals surface area contributed by atoms with Gasteiger partial charge in [0.1, 0.15) is 5.82 Å². The van der Waals surface area contributed by atoms with Gasteiger partial charge in [0.05, 0.1) is 17.0 Å². The molecule has 3 aromatic rings. The van der Waals surface area contributed by atoms with Crippen molar-refractivity contribution >= 4 is 40.8 Å². The van der Waals surface area contributed by atoms with Crippen LogP contribution in [0.4, 0.5) is 4.39 Å². The van der Waals surface area contributed by atoms with Gasteiger partial charge in [-0.05, 0) is 48.0 Å². The Morgan fingerprint density at radius 3 is 2.50 bits per heavy atom. The molecule has 0 unspecified atom stereocenters. The van der Waals surface area contributed by atoms with E-state index >= 15 is 0 Å². The standard InChI is InChI=1S/C18H11Cl2FN2O/c19-14-4-2-13(3-5-14)18(24)17(23-8-7-22-11-23)10-12-1-6-16(21)15(20)9-12/h1-11H. The minimum atomic E-state index is -0.512. The molecule has 3 nitrogen and oxygen atoms in total. The quantitative estimate of drug-likeness (QED) is 0.472. The Kier molecular flexibility index (Phi) is 4.79. The first kappa shape index (κ1) is 16.4. The molecule has 0 radical (unpaired) electrons. The van der Waals surface area contributed by atoms with Crippen LogP contribution in [-0.4, -0.2) is 15.3 Å². The molecule has 0 N–H and O–H groups in total. The van der Waals surface area contributed by atoms with Gasteiger partial charge in [-0.15, -0.1) is 0 Å². The van der Waals surface area contributed by atoms with Gasteiger partial charge in [0, 0.05) is 23.0 Å². The maximum Gasteiger partial charge on any atom is 0.209 e. The predicted octanol–water partition coefficient (Wildman–Crippen LogP) is 5.21. The molecule has 24 heavy (non-hydrogen) atoms. The van der Waals surface area contributed by atoms with Crippen LogP contribution in [0, 0.1) is 5.82 Å². The molecule has 0 aliphatic carbocycles. The monoisotopic (exact) mass is 360 g/mol. The minimum absolute atomic E-state index is 0.00678. The summed E-state index contributed by atoms with van der Waals surface area (Å²) < 4.78 is 14.9. The van der Waals surface area contributed by atoms with Gasteiger partial charge in [0.2, 0.25) is 5.78 Å². The van der Waals surface area contributed by atoms with E-state index in [0.29, 0.717) is 21.8 Å². The molecule has 1 aromatic heterocycles. The Labute approximate surface area is 148 Å². The first-order valence-electron chi connectivity index (χ1n) is 7.00. The first-order valence-corrected chi connectivity index (χ1v) is 7.75. The van der Waals surface area contributed by atoms with Crippen LogP contribution in [0.5, 0.6) is 0 Å². The van der Waals surface area contributed by atoms with Gasteiger partial charge in [0.15, 0.2) is 0 Å². The smallest absolute Gasteiger partial charge is 0.209 e. The van der Waals surface area contributed by atoms with Gasteiger partial charge in [-0.3, -0.25) is 4.79 Å². The van der Waals surface area contributed by atoms with E-state index in [1.807, 2.05) is 0 Å². The summed E-state index contributed by atoms with van der Waals surface area (Å²) in [6.45, 7) is 0.